The number of hydrogen-bond donors (Lipinski definition) is 0. The fraction of sp³-hybridized carbons (Fsp3) is 0.286. The van der Waals surface area contributed by atoms with Crippen molar-refractivity contribution in [3.63, 3.8) is 0 Å². The number of benzene rings is 2. The molecule has 0 N–H and O–H groups in total. The van der Waals surface area contributed by atoms with Crippen molar-refractivity contribution in [3.05, 3.63) is 70.8 Å². The molecular formula is C21H23NO2. The van der Waals surface area contributed by atoms with E-state index in [0.717, 1.165) is 48.6 Å². The number of rotatable bonds is 4. The van der Waals surface area contributed by atoms with Crippen LogP contribution in [0.4, 0.5) is 5.69 Å². The zero-order valence-corrected chi connectivity index (χ0v) is 14.3. The highest BCUT2D eigenvalue weighted by molar-refractivity contribution is 6.07. The third-order valence-electron chi connectivity index (χ3n) is 4.36. The highest BCUT2D eigenvalue weighted by atomic mass is 16.5. The fourth-order valence-corrected chi connectivity index (χ4v) is 2.88. The zero-order chi connectivity index (χ0) is 16.9. The third kappa shape index (κ3) is 3.92. The molecule has 3 nitrogen and oxygen atoms in total. The molecule has 1 saturated heterocycles. The van der Waals surface area contributed by atoms with Crippen LogP contribution in [0.1, 0.15) is 27.0 Å². The SMILES string of the molecule is Cc1ccc(C)c(C(=O)/C=C/c2ccc(N3CCOCC3)cc2)c1. The summed E-state index contributed by atoms with van der Waals surface area (Å²) in [6.45, 7) is 7.40. The predicted molar refractivity (Wildman–Crippen MR) is 98.8 cm³/mol. The number of aryl methyl sites for hydroxylation is 2. The maximum absolute atomic E-state index is 12.4. The molecule has 1 fully saturated rings. The van der Waals surface area contributed by atoms with Gasteiger partial charge in [-0.25, -0.2) is 0 Å². The molecule has 0 bridgehead atoms. The Morgan fingerprint density at radius 1 is 1.04 bits per heavy atom. The molecule has 0 aromatic heterocycles. The van der Waals surface area contributed by atoms with Gasteiger partial charge in [-0.15, -0.1) is 0 Å². The van der Waals surface area contributed by atoms with Crippen molar-refractivity contribution in [2.45, 2.75) is 13.8 Å². The molecule has 0 amide bonds. The first-order chi connectivity index (χ1) is 11.6. The lowest BCUT2D eigenvalue weighted by Crippen LogP contribution is -2.36. The van der Waals surface area contributed by atoms with Crippen molar-refractivity contribution >= 4 is 17.5 Å². The lowest BCUT2D eigenvalue weighted by atomic mass is 10.0. The Morgan fingerprint density at radius 3 is 2.46 bits per heavy atom. The van der Waals surface area contributed by atoms with Crippen molar-refractivity contribution in [2.75, 3.05) is 31.2 Å². The molecule has 0 spiro atoms. The van der Waals surface area contributed by atoms with Gasteiger partial charge in [0.15, 0.2) is 5.78 Å². The number of nitrogens with zero attached hydrogens (tertiary/aromatic N) is 1. The number of anilines is 1. The van der Waals surface area contributed by atoms with Crippen molar-refractivity contribution < 1.29 is 9.53 Å². The van der Waals surface area contributed by atoms with E-state index in [2.05, 4.69) is 29.2 Å². The first-order valence-corrected chi connectivity index (χ1v) is 8.36. The van der Waals surface area contributed by atoms with Crippen LogP contribution in [0.3, 0.4) is 0 Å². The quantitative estimate of drug-likeness (QED) is 0.629. The summed E-state index contributed by atoms with van der Waals surface area (Å²) in [7, 11) is 0. The van der Waals surface area contributed by atoms with E-state index < -0.39 is 0 Å². The Labute approximate surface area is 143 Å². The molecule has 2 aromatic rings. The Hall–Kier alpha value is -2.39. The molecule has 1 aliphatic rings. The van der Waals surface area contributed by atoms with E-state index in [0.29, 0.717) is 0 Å². The number of ether oxygens (including phenoxy) is 1. The van der Waals surface area contributed by atoms with Gasteiger partial charge in [0, 0.05) is 24.3 Å². The second-order valence-corrected chi connectivity index (χ2v) is 6.21. The van der Waals surface area contributed by atoms with E-state index in [9.17, 15) is 4.79 Å². The van der Waals surface area contributed by atoms with Gasteiger partial charge in [-0.2, -0.15) is 0 Å². The average Bonchev–Trinajstić information content (AvgIpc) is 2.63. The first-order valence-electron chi connectivity index (χ1n) is 8.36. The highest BCUT2D eigenvalue weighted by Gasteiger charge is 2.10. The summed E-state index contributed by atoms with van der Waals surface area (Å²) in [6, 6.07) is 14.3. The lowest BCUT2D eigenvalue weighted by Gasteiger charge is -2.28. The molecule has 0 saturated carbocycles. The molecule has 3 heteroatoms. The number of carbonyl (C=O) groups is 1. The molecular weight excluding hydrogens is 298 g/mol. The first kappa shape index (κ1) is 16.5. The Kier molecular flexibility index (Phi) is 5.11. The van der Waals surface area contributed by atoms with Gasteiger partial charge in [0.25, 0.3) is 0 Å². The monoisotopic (exact) mass is 321 g/mol. The van der Waals surface area contributed by atoms with Gasteiger partial charge >= 0.3 is 0 Å². The van der Waals surface area contributed by atoms with Crippen molar-refractivity contribution in [3.8, 4) is 0 Å². The van der Waals surface area contributed by atoms with Gasteiger partial charge in [-0.1, -0.05) is 35.9 Å². The van der Waals surface area contributed by atoms with Crippen LogP contribution in [-0.4, -0.2) is 32.1 Å². The zero-order valence-electron chi connectivity index (χ0n) is 14.3. The van der Waals surface area contributed by atoms with Crippen molar-refractivity contribution in [1.82, 2.24) is 0 Å². The van der Waals surface area contributed by atoms with E-state index in [1.54, 1.807) is 6.08 Å². The van der Waals surface area contributed by atoms with E-state index in [1.165, 1.54) is 5.69 Å². The van der Waals surface area contributed by atoms with Crippen molar-refractivity contribution in [1.29, 1.82) is 0 Å². The third-order valence-corrected chi connectivity index (χ3v) is 4.36. The summed E-state index contributed by atoms with van der Waals surface area (Å²) in [5, 5.41) is 0. The molecule has 124 valence electrons. The summed E-state index contributed by atoms with van der Waals surface area (Å²) < 4.78 is 5.38. The van der Waals surface area contributed by atoms with Crippen LogP contribution in [0.25, 0.3) is 6.08 Å². The summed E-state index contributed by atoms with van der Waals surface area (Å²) in [6.07, 6.45) is 3.54. The molecule has 0 atom stereocenters. The minimum absolute atomic E-state index is 0.0495. The van der Waals surface area contributed by atoms with E-state index in [4.69, 9.17) is 4.74 Å². The molecule has 2 aromatic carbocycles. The topological polar surface area (TPSA) is 29.5 Å². The number of allylic oxidation sites excluding steroid dienone is 1. The fourth-order valence-electron chi connectivity index (χ4n) is 2.88. The number of hydrogen-bond acceptors (Lipinski definition) is 3. The van der Waals surface area contributed by atoms with Gasteiger partial charge in [0.05, 0.1) is 13.2 Å². The molecule has 3 rings (SSSR count). The molecule has 0 unspecified atom stereocenters. The second kappa shape index (κ2) is 7.45. The summed E-state index contributed by atoms with van der Waals surface area (Å²) in [5.74, 6) is 0.0495. The van der Waals surface area contributed by atoms with Gasteiger partial charge in [0.1, 0.15) is 0 Å². The van der Waals surface area contributed by atoms with Crippen LogP contribution in [0.2, 0.25) is 0 Å². The molecule has 0 radical (unpaired) electrons. The molecule has 1 aliphatic heterocycles. The molecule has 24 heavy (non-hydrogen) atoms. The van der Waals surface area contributed by atoms with Crippen LogP contribution in [0.5, 0.6) is 0 Å². The molecule has 0 aliphatic carbocycles. The minimum Gasteiger partial charge on any atom is -0.378 e. The maximum Gasteiger partial charge on any atom is 0.186 e. The Balaban J connectivity index is 1.70. The summed E-state index contributed by atoms with van der Waals surface area (Å²) in [5.41, 5.74) is 5.13. The molecule has 1 heterocycles. The second-order valence-electron chi connectivity index (χ2n) is 6.21. The Bertz CT molecular complexity index is 741. The van der Waals surface area contributed by atoms with Gasteiger partial charge in [-0.3, -0.25) is 4.79 Å². The average molecular weight is 321 g/mol. The van der Waals surface area contributed by atoms with Gasteiger partial charge < -0.3 is 9.64 Å². The standard InChI is InChI=1S/C21H23NO2/c1-16-3-4-17(2)20(15-16)21(23)10-7-18-5-8-19(9-6-18)22-11-13-24-14-12-22/h3-10,15H,11-14H2,1-2H3/b10-7+. The van der Waals surface area contributed by atoms with Crippen LogP contribution < -0.4 is 4.90 Å². The summed E-state index contributed by atoms with van der Waals surface area (Å²) >= 11 is 0. The summed E-state index contributed by atoms with van der Waals surface area (Å²) in [4.78, 5) is 14.7. The smallest absolute Gasteiger partial charge is 0.186 e. The van der Waals surface area contributed by atoms with Crippen molar-refractivity contribution in [2.24, 2.45) is 0 Å². The van der Waals surface area contributed by atoms with Crippen LogP contribution in [-0.2, 0) is 4.74 Å². The normalized spacial score (nSPS) is 15.0. The minimum atomic E-state index is 0.0495. The number of ketones is 1. The largest absolute Gasteiger partial charge is 0.378 e. The maximum atomic E-state index is 12.4. The van der Waals surface area contributed by atoms with Gasteiger partial charge in [-0.05, 0) is 49.2 Å². The van der Waals surface area contributed by atoms with Crippen LogP contribution >= 0.6 is 0 Å². The number of carbonyl (C=O) groups excluding carboxylic acids is 1. The van der Waals surface area contributed by atoms with E-state index in [1.807, 2.05) is 38.1 Å². The van der Waals surface area contributed by atoms with Crippen LogP contribution in [0.15, 0.2) is 48.5 Å². The van der Waals surface area contributed by atoms with Gasteiger partial charge in [0.2, 0.25) is 0 Å². The van der Waals surface area contributed by atoms with E-state index >= 15 is 0 Å². The predicted octanol–water partition coefficient (Wildman–Crippen LogP) is 4.04. The highest BCUT2D eigenvalue weighted by Crippen LogP contribution is 2.18. The van der Waals surface area contributed by atoms with E-state index in [-0.39, 0.29) is 5.78 Å². The Morgan fingerprint density at radius 2 is 1.75 bits per heavy atom. The number of morpholine rings is 1. The lowest BCUT2D eigenvalue weighted by molar-refractivity contribution is 0.104. The van der Waals surface area contributed by atoms with Crippen LogP contribution in [0, 0.1) is 13.8 Å².